The van der Waals surface area contributed by atoms with E-state index in [9.17, 15) is 0 Å². The van der Waals surface area contributed by atoms with Gasteiger partial charge in [-0.25, -0.2) is 0 Å². The van der Waals surface area contributed by atoms with E-state index in [2.05, 4.69) is 367 Å². The predicted molar refractivity (Wildman–Crippen MR) is 581 cm³/mol. The van der Waals surface area contributed by atoms with Gasteiger partial charge in [0.2, 0.25) is 0 Å². The molecule has 0 aliphatic carbocycles. The van der Waals surface area contributed by atoms with E-state index in [0.717, 1.165) is 0 Å². The molecule has 124 heavy (non-hydrogen) atoms. The zero-order chi connectivity index (χ0) is 93.2. The van der Waals surface area contributed by atoms with Crippen molar-refractivity contribution in [3.63, 3.8) is 0 Å². The van der Waals surface area contributed by atoms with Crippen LogP contribution in [0.5, 0.6) is 0 Å². The van der Waals surface area contributed by atoms with Crippen LogP contribution in [0.3, 0.4) is 0 Å². The van der Waals surface area contributed by atoms with E-state index in [1.54, 1.807) is 0 Å². The first-order chi connectivity index (χ1) is 61.3. The van der Waals surface area contributed by atoms with Gasteiger partial charge in [0.1, 0.15) is 0 Å². The monoisotopic (exact) mass is 1650 g/mol. The molecule has 0 saturated carbocycles. The van der Waals surface area contributed by atoms with Crippen LogP contribution in [0.1, 0.15) is 230 Å². The molecule has 0 spiro atoms. The third-order valence-corrected chi connectivity index (χ3v) is 19.4. The fourth-order valence-corrected chi connectivity index (χ4v) is 15.0. The number of hydrogen-bond acceptors (Lipinski definition) is 0. The molecule has 0 amide bonds. The third-order valence-electron chi connectivity index (χ3n) is 19.4. The van der Waals surface area contributed by atoms with Crippen molar-refractivity contribution in [3.8, 4) is 33.4 Å². The summed E-state index contributed by atoms with van der Waals surface area (Å²) in [5.74, 6) is 0. The van der Waals surface area contributed by atoms with Crippen LogP contribution in [0, 0.1) is 27.7 Å². The Balaban J connectivity index is 0.000000751. The Hall–Kier alpha value is -11.7. The molecule has 654 valence electrons. The van der Waals surface area contributed by atoms with Gasteiger partial charge in [0.25, 0.3) is 0 Å². The molecule has 0 nitrogen and oxygen atoms in total. The summed E-state index contributed by atoms with van der Waals surface area (Å²) in [6.45, 7) is 68.7. The highest BCUT2D eigenvalue weighted by molar-refractivity contribution is 6.31. The molecule has 0 aromatic heterocycles. The minimum absolute atomic E-state index is 1.27. The highest BCUT2D eigenvalue weighted by Crippen LogP contribution is 2.44. The Morgan fingerprint density at radius 1 is 0.113 bits per heavy atom. The summed E-state index contributed by atoms with van der Waals surface area (Å²) in [5, 5.41) is 32.1. The van der Waals surface area contributed by atoms with Crippen molar-refractivity contribution in [2.75, 3.05) is 0 Å². The van der Waals surface area contributed by atoms with E-state index in [1.807, 2.05) is 208 Å². The lowest BCUT2D eigenvalue weighted by Crippen LogP contribution is -1.88. The highest BCUT2D eigenvalue weighted by atomic mass is 14.2. The van der Waals surface area contributed by atoms with E-state index in [4.69, 9.17) is 0 Å². The van der Waals surface area contributed by atoms with Gasteiger partial charge in [-0.3, -0.25) is 0 Å². The Morgan fingerprint density at radius 2 is 0.323 bits per heavy atom. The molecule has 19 rings (SSSR count). The normalized spacial score (nSPS) is 9.37. The molecule has 19 aromatic carbocycles. The van der Waals surface area contributed by atoms with E-state index in [1.165, 1.54) is 185 Å². The first-order valence-electron chi connectivity index (χ1n) is 47.8. The molecule has 0 bridgehead atoms. The van der Waals surface area contributed by atoms with Crippen LogP contribution < -0.4 is 0 Å². The maximum Gasteiger partial charge on any atom is -0.00203 e. The van der Waals surface area contributed by atoms with Crippen LogP contribution in [0.15, 0.2) is 340 Å². The van der Waals surface area contributed by atoms with Crippen molar-refractivity contribution in [2.24, 2.45) is 0 Å². The highest BCUT2D eigenvalue weighted by Gasteiger charge is 2.17. The van der Waals surface area contributed by atoms with Crippen molar-refractivity contribution >= 4 is 129 Å². The predicted octanol–water partition coefficient (Wildman–Crippen LogP) is 42.2. The molecule has 0 heterocycles. The van der Waals surface area contributed by atoms with Gasteiger partial charge in [0.15, 0.2) is 0 Å². The van der Waals surface area contributed by atoms with Gasteiger partial charge >= 0.3 is 0 Å². The summed E-state index contributed by atoms with van der Waals surface area (Å²) in [4.78, 5) is 0. The van der Waals surface area contributed by atoms with Crippen LogP contribution in [-0.2, 0) is 0 Å². The molecule has 0 aliphatic rings. The Morgan fingerprint density at radius 3 is 0.645 bits per heavy atom. The largest absolute Gasteiger partial charge is 0.0683 e. The number of fused-ring (bicyclic) bond motifs is 24. The summed E-state index contributed by atoms with van der Waals surface area (Å²) in [5.41, 5.74) is 13.0. The fourth-order valence-electron chi connectivity index (χ4n) is 15.0. The van der Waals surface area contributed by atoms with Crippen molar-refractivity contribution in [1.29, 1.82) is 0 Å². The zero-order valence-corrected chi connectivity index (χ0v) is 83.3. The molecule has 0 fully saturated rings. The van der Waals surface area contributed by atoms with E-state index >= 15 is 0 Å². The molecule has 0 heteroatoms. The van der Waals surface area contributed by atoms with E-state index in [0.29, 0.717) is 0 Å². The number of rotatable bonds is 3. The lowest BCUT2D eigenvalue weighted by atomic mass is 9.88. The Bertz CT molecular complexity index is 5970. The summed E-state index contributed by atoms with van der Waals surface area (Å²) in [6, 6.07) is 123. The van der Waals surface area contributed by atoms with Gasteiger partial charge in [-0.15, -0.1) is 0 Å². The quantitative estimate of drug-likeness (QED) is 0.155. The second-order valence-electron chi connectivity index (χ2n) is 25.1. The topological polar surface area (TPSA) is 0 Å². The lowest BCUT2D eigenvalue weighted by molar-refractivity contribution is 1.47. The molecule has 0 atom stereocenters. The minimum atomic E-state index is 1.27. The summed E-state index contributed by atoms with van der Waals surface area (Å²) in [6.07, 6.45) is 0. The Kier molecular flexibility index (Phi) is 56.3. The fraction of sp³-hybridized carbons (Fsp3) is 0.274. The molecule has 19 aromatic rings. The molecule has 0 aliphatic heterocycles. The van der Waals surface area contributed by atoms with E-state index in [-0.39, 0.29) is 0 Å². The maximum absolute atomic E-state index is 2.35. The minimum Gasteiger partial charge on any atom is -0.0683 e. The second kappa shape index (κ2) is 63.3. The van der Waals surface area contributed by atoms with Crippen molar-refractivity contribution in [1.82, 2.24) is 0 Å². The van der Waals surface area contributed by atoms with Crippen LogP contribution >= 0.6 is 0 Å². The maximum atomic E-state index is 2.35. The second-order valence-corrected chi connectivity index (χ2v) is 25.1. The molecular weight excluding hydrogens is 1490 g/mol. The third kappa shape index (κ3) is 26.7. The van der Waals surface area contributed by atoms with Crippen molar-refractivity contribution in [3.05, 3.63) is 362 Å². The van der Waals surface area contributed by atoms with Gasteiger partial charge in [-0.05, 0) is 208 Å². The van der Waals surface area contributed by atoms with Gasteiger partial charge < -0.3 is 0 Å². The summed E-state index contributed by atoms with van der Waals surface area (Å²) < 4.78 is 0. The number of hydrogen-bond donors (Lipinski definition) is 0. The van der Waals surface area contributed by atoms with Crippen molar-refractivity contribution in [2.45, 2.75) is 235 Å². The first-order valence-corrected chi connectivity index (χ1v) is 47.8. The van der Waals surface area contributed by atoms with E-state index < -0.39 is 0 Å². The molecular formula is C124H158. The average Bonchev–Trinajstić information content (AvgIpc) is 0.753. The molecule has 0 unspecified atom stereocenters. The SMILES string of the molecule is CC.CC.CC.CC.CC.CC.CC.CC.CC.CC.CC.CC.CC.CC.CC.Cc1ccc(-c2cccc3c4ccccc4c4ccccc4c23)cc1.Cc1cccc(-c2ccc3c4ccccc4c4ccccc4c3c2)c1.Cc1cccc2c3ccccc3c3ccccc3c12.Cc1ccccc1-c1cccc2c3ccccc3c3ccccc3c12. The standard InChI is InChI=1S/3C25H18.C19H14.15C2H6/c1-17-9-2-3-10-18(17)22-15-8-16-24-21-12-5-4-11-19(21)20-13-6-7-14-23(20)25(22)24;1-17-7-6-8-18(15-17)19-13-14-24-22-11-3-2-9-20(22)21-10-4-5-12-23(21)25(24)16-19;1-17-13-15-18(16-14-17)19-11-6-12-24-22-8-3-2-7-20(22)21-9-4-5-10-23(21)25(19)24;1-13-7-6-12-18-16-9-3-2-8-14(16)15-10-4-5-11-17(15)19(13)18;15*1-2/h3*2-16H,1H3;2-12H,1H3;15*1-2H3. The van der Waals surface area contributed by atoms with Gasteiger partial charge in [0.05, 0.1) is 0 Å². The average molecular weight is 1650 g/mol. The van der Waals surface area contributed by atoms with Crippen LogP contribution in [0.2, 0.25) is 0 Å². The van der Waals surface area contributed by atoms with Crippen molar-refractivity contribution < 1.29 is 0 Å². The zero-order valence-electron chi connectivity index (χ0n) is 83.3. The summed E-state index contributed by atoms with van der Waals surface area (Å²) >= 11 is 0. The van der Waals surface area contributed by atoms with Crippen LogP contribution in [0.25, 0.3) is 163 Å². The van der Waals surface area contributed by atoms with Gasteiger partial charge in [-0.1, -0.05) is 552 Å². The molecule has 0 N–H and O–H groups in total. The Labute approximate surface area is 754 Å². The van der Waals surface area contributed by atoms with Gasteiger partial charge in [0, 0.05) is 0 Å². The summed E-state index contributed by atoms with van der Waals surface area (Å²) in [7, 11) is 0. The van der Waals surface area contributed by atoms with Gasteiger partial charge in [-0.2, -0.15) is 0 Å². The molecule has 0 saturated heterocycles. The smallest absolute Gasteiger partial charge is 0.00203 e. The van der Waals surface area contributed by atoms with Crippen LogP contribution in [-0.4, -0.2) is 0 Å². The number of benzene rings is 19. The number of aryl methyl sites for hydroxylation is 4. The molecule has 0 radical (unpaired) electrons. The lowest BCUT2D eigenvalue weighted by Gasteiger charge is -2.15. The first kappa shape index (κ1) is 110. The van der Waals surface area contributed by atoms with Crippen LogP contribution in [0.4, 0.5) is 0 Å².